The molecule has 2 aliphatic carbocycles. The van der Waals surface area contributed by atoms with E-state index in [1.165, 1.54) is 37.5 Å². The summed E-state index contributed by atoms with van der Waals surface area (Å²) in [5.41, 5.74) is 0.369. The molecule has 0 heterocycles. The third-order valence-electron chi connectivity index (χ3n) is 8.36. The molecule has 2 aliphatic rings. The largest absolute Gasteiger partial charge is 0.203 e. The highest BCUT2D eigenvalue weighted by atomic mass is 19.2. The van der Waals surface area contributed by atoms with Gasteiger partial charge in [-0.2, -0.15) is 0 Å². The molecule has 2 saturated carbocycles. The molecule has 2 fully saturated rings. The number of hydrogen-bond acceptors (Lipinski definition) is 0. The highest BCUT2D eigenvalue weighted by Gasteiger charge is 2.36. The van der Waals surface area contributed by atoms with Crippen LogP contribution in [0.3, 0.4) is 0 Å². The first-order valence-electron chi connectivity index (χ1n) is 13.6. The van der Waals surface area contributed by atoms with Gasteiger partial charge in [0.05, 0.1) is 11.1 Å². The van der Waals surface area contributed by atoms with Crippen molar-refractivity contribution in [3.8, 4) is 11.8 Å². The van der Waals surface area contributed by atoms with E-state index in [9.17, 15) is 13.2 Å². The molecule has 2 aromatic rings. The van der Waals surface area contributed by atoms with Crippen molar-refractivity contribution in [3.63, 3.8) is 0 Å². The molecule has 0 spiro atoms. The van der Waals surface area contributed by atoms with Crippen molar-refractivity contribution >= 4 is 0 Å². The maximum Gasteiger partial charge on any atom is 0.174 e. The molecule has 0 saturated heterocycles. The van der Waals surface area contributed by atoms with Crippen LogP contribution < -0.4 is 0 Å². The minimum absolute atomic E-state index is 0.00382. The lowest BCUT2D eigenvalue weighted by Crippen LogP contribution is -2.30. The molecule has 0 bridgehead atoms. The first-order valence-corrected chi connectivity index (χ1v) is 13.6. The monoisotopic (exact) mass is 508 g/mol. The van der Waals surface area contributed by atoms with Crippen molar-refractivity contribution < 1.29 is 17.6 Å². The molecule has 196 valence electrons. The zero-order valence-corrected chi connectivity index (χ0v) is 21.6. The van der Waals surface area contributed by atoms with E-state index in [1.807, 2.05) is 25.2 Å². The van der Waals surface area contributed by atoms with Gasteiger partial charge in [0.1, 0.15) is 0 Å². The van der Waals surface area contributed by atoms with Gasteiger partial charge in [-0.1, -0.05) is 48.6 Å². The van der Waals surface area contributed by atoms with Crippen molar-refractivity contribution in [2.75, 3.05) is 0 Å². The summed E-state index contributed by atoms with van der Waals surface area (Å²) in [6, 6.07) is 5.99. The summed E-state index contributed by atoms with van der Waals surface area (Å²) < 4.78 is 59.1. The van der Waals surface area contributed by atoms with Crippen LogP contribution in [0.15, 0.2) is 49.1 Å². The third kappa shape index (κ3) is 6.38. The lowest BCUT2D eigenvalue weighted by Gasteiger charge is -2.42. The molecule has 2 aromatic carbocycles. The predicted octanol–water partition coefficient (Wildman–Crippen LogP) is 9.42. The minimum atomic E-state index is -1.06. The second kappa shape index (κ2) is 12.6. The Kier molecular flexibility index (Phi) is 9.30. The maximum absolute atomic E-state index is 15.2. The number of aryl methyl sites for hydroxylation is 1. The van der Waals surface area contributed by atoms with Gasteiger partial charge >= 0.3 is 0 Å². The lowest BCUT2D eigenvalue weighted by atomic mass is 9.63. The van der Waals surface area contributed by atoms with Crippen molar-refractivity contribution in [2.24, 2.45) is 17.8 Å². The molecule has 0 N–H and O–H groups in total. The first kappa shape index (κ1) is 27.2. The van der Waals surface area contributed by atoms with Gasteiger partial charge in [-0.05, 0) is 112 Å². The van der Waals surface area contributed by atoms with E-state index in [0.29, 0.717) is 30.2 Å². The lowest BCUT2D eigenvalue weighted by molar-refractivity contribution is 0.114. The molecule has 0 aliphatic heterocycles. The number of allylic oxidation sites excluding steroid dienone is 3. The van der Waals surface area contributed by atoms with Gasteiger partial charge in [0.15, 0.2) is 23.3 Å². The van der Waals surface area contributed by atoms with Gasteiger partial charge in [0, 0.05) is 0 Å². The van der Waals surface area contributed by atoms with Gasteiger partial charge in [-0.25, -0.2) is 17.6 Å². The van der Waals surface area contributed by atoms with Gasteiger partial charge in [-0.3, -0.25) is 0 Å². The Morgan fingerprint density at radius 1 is 0.811 bits per heavy atom. The van der Waals surface area contributed by atoms with E-state index in [1.54, 1.807) is 6.07 Å². The summed E-state index contributed by atoms with van der Waals surface area (Å²) in [4.78, 5) is 0. The molecule has 37 heavy (non-hydrogen) atoms. The van der Waals surface area contributed by atoms with Crippen LogP contribution in [0.5, 0.6) is 0 Å². The zero-order chi connectivity index (χ0) is 26.4. The summed E-state index contributed by atoms with van der Waals surface area (Å²) in [7, 11) is 0. The van der Waals surface area contributed by atoms with E-state index in [0.717, 1.165) is 38.0 Å². The van der Waals surface area contributed by atoms with Crippen LogP contribution in [0, 0.1) is 52.9 Å². The molecular weight excluding hydrogens is 472 g/mol. The van der Waals surface area contributed by atoms with Crippen LogP contribution in [0.4, 0.5) is 17.6 Å². The molecular formula is C33H36F4. The number of halogens is 4. The Balaban J connectivity index is 1.45. The smallest absolute Gasteiger partial charge is 0.174 e. The quantitative estimate of drug-likeness (QED) is 0.198. The Bertz CT molecular complexity index is 1200. The molecule has 0 aromatic heterocycles. The first-order chi connectivity index (χ1) is 17.9. The van der Waals surface area contributed by atoms with Gasteiger partial charge in [-0.15, -0.1) is 6.58 Å². The SMILES string of the molecule is C=CCCC1CCC2CC(c3ccc(C#Cc4ccc(CC/C=C/C)c(F)c4F)c(F)c3F)CCC2C1. The summed E-state index contributed by atoms with van der Waals surface area (Å²) in [5, 5.41) is 0. The van der Waals surface area contributed by atoms with E-state index in [4.69, 9.17) is 0 Å². The summed E-state index contributed by atoms with van der Waals surface area (Å²) in [6.45, 7) is 5.70. The number of fused-ring (bicyclic) bond motifs is 1. The van der Waals surface area contributed by atoms with E-state index in [2.05, 4.69) is 18.4 Å². The highest BCUT2D eigenvalue weighted by Crippen LogP contribution is 2.48. The highest BCUT2D eigenvalue weighted by molar-refractivity contribution is 5.46. The molecule has 0 nitrogen and oxygen atoms in total. The predicted molar refractivity (Wildman–Crippen MR) is 142 cm³/mol. The molecule has 4 rings (SSSR count). The summed E-state index contributed by atoms with van der Waals surface area (Å²) in [6.07, 6.45) is 15.4. The summed E-state index contributed by atoms with van der Waals surface area (Å²) in [5.74, 6) is 3.16. The van der Waals surface area contributed by atoms with Crippen molar-refractivity contribution in [1.29, 1.82) is 0 Å². The molecule has 0 amide bonds. The molecule has 4 unspecified atom stereocenters. The van der Waals surface area contributed by atoms with Gasteiger partial charge < -0.3 is 0 Å². The van der Waals surface area contributed by atoms with Gasteiger partial charge in [0.25, 0.3) is 0 Å². The average molecular weight is 509 g/mol. The average Bonchev–Trinajstić information content (AvgIpc) is 2.91. The van der Waals surface area contributed by atoms with Crippen LogP contribution >= 0.6 is 0 Å². The molecule has 4 atom stereocenters. The Labute approximate surface area is 218 Å². The van der Waals surface area contributed by atoms with Crippen LogP contribution in [0.1, 0.15) is 92.9 Å². The second-order valence-corrected chi connectivity index (χ2v) is 10.7. The van der Waals surface area contributed by atoms with Crippen molar-refractivity contribution in [1.82, 2.24) is 0 Å². The van der Waals surface area contributed by atoms with Crippen molar-refractivity contribution in [3.05, 3.63) is 94.6 Å². The fourth-order valence-electron chi connectivity index (χ4n) is 6.28. The Hall–Kier alpha value is -2.80. The van der Waals surface area contributed by atoms with Crippen LogP contribution in [-0.4, -0.2) is 0 Å². The molecule has 4 heteroatoms. The standard InChI is InChI=1S/C33H36F4/c1-3-5-7-9-23-12-13-24(31(35)30(23)34)14-15-25-18-19-29(33(37)32(25)36)28-17-16-26-20-22(8-6-4-2)10-11-27(26)21-28/h3-5,12-13,18-19,22,26-28H,2,6-11,16-17,20-21H2,1H3/b5-3+. The van der Waals surface area contributed by atoms with Crippen molar-refractivity contribution in [2.45, 2.75) is 77.0 Å². The topological polar surface area (TPSA) is 0 Å². The Morgan fingerprint density at radius 3 is 2.22 bits per heavy atom. The van der Waals surface area contributed by atoms with Crippen LogP contribution in [0.2, 0.25) is 0 Å². The summed E-state index contributed by atoms with van der Waals surface area (Å²) >= 11 is 0. The number of rotatable bonds is 7. The second-order valence-electron chi connectivity index (χ2n) is 10.7. The van der Waals surface area contributed by atoms with E-state index >= 15 is 4.39 Å². The van der Waals surface area contributed by atoms with E-state index in [-0.39, 0.29) is 22.6 Å². The fraction of sp³-hybridized carbons (Fsp3) is 0.455. The van der Waals surface area contributed by atoms with Crippen LogP contribution in [0.25, 0.3) is 0 Å². The third-order valence-corrected chi connectivity index (χ3v) is 8.36. The fourth-order valence-corrected chi connectivity index (χ4v) is 6.28. The number of benzene rings is 2. The zero-order valence-electron chi connectivity index (χ0n) is 21.6. The van der Waals surface area contributed by atoms with Gasteiger partial charge in [0.2, 0.25) is 0 Å². The van der Waals surface area contributed by atoms with Crippen LogP contribution in [-0.2, 0) is 6.42 Å². The maximum atomic E-state index is 15.2. The number of hydrogen-bond donors (Lipinski definition) is 0. The van der Waals surface area contributed by atoms with E-state index < -0.39 is 23.3 Å². The normalized spacial score (nSPS) is 23.4. The minimum Gasteiger partial charge on any atom is -0.203 e. The Morgan fingerprint density at radius 2 is 1.49 bits per heavy atom. The molecule has 0 radical (unpaired) electrons.